The Morgan fingerprint density at radius 2 is 1.92 bits per heavy atom. The smallest absolute Gasteiger partial charge is 0.324 e. The van der Waals surface area contributed by atoms with E-state index in [0.717, 1.165) is 19.3 Å². The first-order chi connectivity index (χ1) is 6.02. The van der Waals surface area contributed by atoms with Crippen molar-refractivity contribution in [2.45, 2.75) is 44.7 Å². The molecule has 0 aliphatic carbocycles. The van der Waals surface area contributed by atoms with Gasteiger partial charge in [0.1, 0.15) is 0 Å². The van der Waals surface area contributed by atoms with Gasteiger partial charge in [-0.3, -0.25) is 4.57 Å². The number of halogens is 1. The third kappa shape index (κ3) is 6.50. The summed E-state index contributed by atoms with van der Waals surface area (Å²) in [5.74, 6) is 0.632. The number of rotatable bonds is 7. The van der Waals surface area contributed by atoms with E-state index >= 15 is 0 Å². The van der Waals surface area contributed by atoms with Crippen molar-refractivity contribution < 1.29 is 14.4 Å². The van der Waals surface area contributed by atoms with E-state index in [-0.39, 0.29) is 0 Å². The number of hydrogen-bond donors (Lipinski definition) is 2. The van der Waals surface area contributed by atoms with Crippen molar-refractivity contribution in [3.63, 3.8) is 0 Å². The summed E-state index contributed by atoms with van der Waals surface area (Å²) in [6.45, 7) is 1.81. The molecule has 80 valence electrons. The van der Waals surface area contributed by atoms with Gasteiger partial charge in [0.25, 0.3) is 0 Å². The summed E-state index contributed by atoms with van der Waals surface area (Å²) >= 11 is 5.49. The molecule has 0 aliphatic rings. The highest BCUT2D eigenvalue weighted by molar-refractivity contribution is 7.52. The fourth-order valence-corrected chi connectivity index (χ4v) is 2.44. The molecule has 0 aromatic carbocycles. The molecular formula is C8H18ClO3P. The van der Waals surface area contributed by atoms with Gasteiger partial charge >= 0.3 is 7.60 Å². The summed E-state index contributed by atoms with van der Waals surface area (Å²) in [6, 6.07) is 0. The Morgan fingerprint density at radius 3 is 2.31 bits per heavy atom. The molecule has 3 nitrogen and oxygen atoms in total. The number of alkyl halides is 1. The minimum absolute atomic E-state index is 0.456. The molecule has 0 saturated carbocycles. The molecule has 0 amide bonds. The molecule has 0 aromatic heterocycles. The molecule has 13 heavy (non-hydrogen) atoms. The van der Waals surface area contributed by atoms with Gasteiger partial charge < -0.3 is 9.79 Å². The molecule has 0 bridgehead atoms. The van der Waals surface area contributed by atoms with Crippen LogP contribution in [-0.4, -0.2) is 21.3 Å². The lowest BCUT2D eigenvalue weighted by Gasteiger charge is -2.15. The Labute approximate surface area is 84.6 Å². The fourth-order valence-electron chi connectivity index (χ4n) is 1.26. The maximum Gasteiger partial charge on any atom is 0.328 e. The van der Waals surface area contributed by atoms with Crippen LogP contribution in [0.1, 0.15) is 39.0 Å². The van der Waals surface area contributed by atoms with Crippen LogP contribution in [0.3, 0.4) is 0 Å². The van der Waals surface area contributed by atoms with E-state index in [4.69, 9.17) is 21.4 Å². The second kappa shape index (κ2) is 6.83. The van der Waals surface area contributed by atoms with Crippen molar-refractivity contribution in [3.05, 3.63) is 0 Å². The van der Waals surface area contributed by atoms with Gasteiger partial charge in [-0.15, -0.1) is 11.6 Å². The summed E-state index contributed by atoms with van der Waals surface area (Å²) in [5, 5.41) is 0. The minimum Gasteiger partial charge on any atom is -0.324 e. The Morgan fingerprint density at radius 1 is 1.31 bits per heavy atom. The quantitative estimate of drug-likeness (QED) is 0.400. The van der Waals surface area contributed by atoms with E-state index in [1.165, 1.54) is 0 Å². The minimum atomic E-state index is -3.86. The third-order valence-corrected chi connectivity index (χ3v) is 3.96. The molecule has 0 aliphatic heterocycles. The van der Waals surface area contributed by atoms with Crippen LogP contribution < -0.4 is 0 Å². The average molecular weight is 229 g/mol. The first kappa shape index (κ1) is 13.4. The second-order valence-corrected chi connectivity index (χ2v) is 5.48. The van der Waals surface area contributed by atoms with Gasteiger partial charge in [-0.25, -0.2) is 0 Å². The Hall–Kier alpha value is 0.440. The van der Waals surface area contributed by atoms with Gasteiger partial charge in [-0.1, -0.05) is 19.8 Å². The van der Waals surface area contributed by atoms with Crippen molar-refractivity contribution in [1.82, 2.24) is 0 Å². The van der Waals surface area contributed by atoms with E-state index < -0.39 is 13.3 Å². The van der Waals surface area contributed by atoms with Gasteiger partial charge in [0.2, 0.25) is 0 Å². The van der Waals surface area contributed by atoms with Gasteiger partial charge in [0, 0.05) is 5.88 Å². The van der Waals surface area contributed by atoms with Gasteiger partial charge in [-0.2, -0.15) is 0 Å². The van der Waals surface area contributed by atoms with Crippen LogP contribution in [0.15, 0.2) is 0 Å². The van der Waals surface area contributed by atoms with Gasteiger partial charge in [0.15, 0.2) is 0 Å². The van der Waals surface area contributed by atoms with E-state index in [9.17, 15) is 4.57 Å². The highest BCUT2D eigenvalue weighted by atomic mass is 35.5. The average Bonchev–Trinajstić information content (AvgIpc) is 2.02. The standard InChI is InChI=1S/C8H18ClO3P/c1-2-8(13(10,11)12)6-4-3-5-7-9/h8H,2-7H2,1H3,(H2,10,11,12). The topological polar surface area (TPSA) is 57.5 Å². The molecule has 0 fully saturated rings. The highest BCUT2D eigenvalue weighted by Crippen LogP contribution is 2.45. The van der Waals surface area contributed by atoms with Crippen molar-refractivity contribution >= 4 is 19.2 Å². The molecule has 0 aromatic rings. The SMILES string of the molecule is CCC(CCCCCCl)P(=O)(O)O. The molecule has 0 saturated heterocycles. The molecule has 0 rings (SSSR count). The number of hydrogen-bond acceptors (Lipinski definition) is 1. The van der Waals surface area contributed by atoms with Crippen molar-refractivity contribution in [2.75, 3.05) is 5.88 Å². The zero-order chi connectivity index (χ0) is 10.3. The number of unbranched alkanes of at least 4 members (excludes halogenated alkanes) is 2. The summed E-state index contributed by atoms with van der Waals surface area (Å²) in [4.78, 5) is 17.8. The monoisotopic (exact) mass is 228 g/mol. The lowest BCUT2D eigenvalue weighted by molar-refractivity contribution is 0.350. The van der Waals surface area contributed by atoms with E-state index in [2.05, 4.69) is 0 Å². The maximum absolute atomic E-state index is 10.9. The molecular weight excluding hydrogens is 211 g/mol. The molecule has 0 heterocycles. The van der Waals surface area contributed by atoms with Crippen LogP contribution in [0.4, 0.5) is 0 Å². The fraction of sp³-hybridized carbons (Fsp3) is 1.00. The van der Waals surface area contributed by atoms with Crippen molar-refractivity contribution in [2.24, 2.45) is 0 Å². The molecule has 0 spiro atoms. The van der Waals surface area contributed by atoms with Crippen LogP contribution >= 0.6 is 19.2 Å². The van der Waals surface area contributed by atoms with Crippen molar-refractivity contribution in [1.29, 1.82) is 0 Å². The third-order valence-electron chi connectivity index (χ3n) is 2.12. The molecule has 0 radical (unpaired) electrons. The maximum atomic E-state index is 10.9. The summed E-state index contributed by atoms with van der Waals surface area (Å²) in [6.07, 6.45) is 3.90. The van der Waals surface area contributed by atoms with Crippen LogP contribution in [0.25, 0.3) is 0 Å². The second-order valence-electron chi connectivity index (χ2n) is 3.19. The summed E-state index contributed by atoms with van der Waals surface area (Å²) in [5.41, 5.74) is -0.456. The zero-order valence-electron chi connectivity index (χ0n) is 7.95. The molecule has 1 unspecified atom stereocenters. The molecule has 5 heteroatoms. The Bertz CT molecular complexity index is 169. The lowest BCUT2D eigenvalue weighted by Crippen LogP contribution is -2.06. The van der Waals surface area contributed by atoms with E-state index in [1.807, 2.05) is 6.92 Å². The van der Waals surface area contributed by atoms with E-state index in [1.54, 1.807) is 0 Å². The predicted molar refractivity (Wildman–Crippen MR) is 55.3 cm³/mol. The van der Waals surface area contributed by atoms with Gasteiger partial charge in [0.05, 0.1) is 5.66 Å². The summed E-state index contributed by atoms with van der Waals surface area (Å²) < 4.78 is 10.9. The first-order valence-corrected chi connectivity index (χ1v) is 6.85. The van der Waals surface area contributed by atoms with E-state index in [0.29, 0.717) is 18.7 Å². The van der Waals surface area contributed by atoms with Gasteiger partial charge in [-0.05, 0) is 19.3 Å². The largest absolute Gasteiger partial charge is 0.328 e. The normalized spacial score (nSPS) is 14.5. The van der Waals surface area contributed by atoms with Crippen LogP contribution in [0.5, 0.6) is 0 Å². The van der Waals surface area contributed by atoms with Crippen LogP contribution in [-0.2, 0) is 4.57 Å². The molecule has 2 N–H and O–H groups in total. The van der Waals surface area contributed by atoms with Crippen molar-refractivity contribution in [3.8, 4) is 0 Å². The first-order valence-electron chi connectivity index (χ1n) is 4.63. The zero-order valence-corrected chi connectivity index (χ0v) is 9.60. The van der Waals surface area contributed by atoms with Crippen LogP contribution in [0.2, 0.25) is 0 Å². The molecule has 1 atom stereocenters. The Balaban J connectivity index is 3.67. The lowest BCUT2D eigenvalue weighted by atomic mass is 10.1. The Kier molecular flexibility index (Phi) is 7.06. The van der Waals surface area contributed by atoms with Crippen LogP contribution in [0, 0.1) is 0 Å². The highest BCUT2D eigenvalue weighted by Gasteiger charge is 2.25. The summed E-state index contributed by atoms with van der Waals surface area (Å²) in [7, 11) is -3.86. The predicted octanol–water partition coefficient (Wildman–Crippen LogP) is 2.74.